The van der Waals surface area contributed by atoms with Crippen molar-refractivity contribution in [2.24, 2.45) is 5.92 Å². The third-order valence-electron chi connectivity index (χ3n) is 4.46. The molecule has 2 aromatic rings. The van der Waals surface area contributed by atoms with E-state index in [1.165, 1.54) is 12.0 Å². The molecule has 1 atom stereocenters. The summed E-state index contributed by atoms with van der Waals surface area (Å²) in [4.78, 5) is 6.93. The zero-order chi connectivity index (χ0) is 16.2. The molecule has 0 radical (unpaired) electrons. The van der Waals surface area contributed by atoms with E-state index in [0.29, 0.717) is 11.8 Å². The van der Waals surface area contributed by atoms with Crippen LogP contribution in [0.4, 0.5) is 0 Å². The monoisotopic (exact) mass is 314 g/mol. The first-order chi connectivity index (χ1) is 11.2. The number of aromatic nitrogens is 3. The van der Waals surface area contributed by atoms with Gasteiger partial charge in [-0.3, -0.25) is 4.90 Å². The van der Waals surface area contributed by atoms with Gasteiger partial charge in [0.25, 0.3) is 0 Å². The largest absolute Gasteiger partial charge is 0.497 e. The molecule has 0 bridgehead atoms. The number of hydrogen-bond donors (Lipinski definition) is 0. The van der Waals surface area contributed by atoms with Crippen molar-refractivity contribution < 1.29 is 4.74 Å². The summed E-state index contributed by atoms with van der Waals surface area (Å²) >= 11 is 0. The number of methoxy groups -OCH3 is 1. The molecule has 124 valence electrons. The van der Waals surface area contributed by atoms with Crippen molar-refractivity contribution in [1.82, 2.24) is 19.7 Å². The first-order valence-corrected chi connectivity index (χ1v) is 8.38. The molecule has 0 amide bonds. The van der Waals surface area contributed by atoms with Gasteiger partial charge in [0.05, 0.1) is 13.7 Å². The summed E-state index contributed by atoms with van der Waals surface area (Å²) < 4.78 is 7.29. The molecular formula is C18H26N4O. The second kappa shape index (κ2) is 7.13. The Bertz CT molecular complexity index is 620. The van der Waals surface area contributed by atoms with E-state index < -0.39 is 0 Å². The Hall–Kier alpha value is -1.88. The molecule has 3 rings (SSSR count). The van der Waals surface area contributed by atoms with Crippen LogP contribution in [0, 0.1) is 5.92 Å². The van der Waals surface area contributed by atoms with E-state index >= 15 is 0 Å². The van der Waals surface area contributed by atoms with Crippen molar-refractivity contribution in [3.05, 3.63) is 42.0 Å². The molecule has 1 unspecified atom stereocenters. The Labute approximate surface area is 138 Å². The third kappa shape index (κ3) is 3.91. The smallest absolute Gasteiger partial charge is 0.141 e. The number of ether oxygens (including phenoxy) is 1. The zero-order valence-corrected chi connectivity index (χ0v) is 14.3. The Morgan fingerprint density at radius 2 is 2.04 bits per heavy atom. The molecule has 5 heteroatoms. The van der Waals surface area contributed by atoms with Crippen molar-refractivity contribution in [3.63, 3.8) is 0 Å². The highest BCUT2D eigenvalue weighted by molar-refractivity contribution is 5.30. The molecule has 23 heavy (non-hydrogen) atoms. The van der Waals surface area contributed by atoms with Crippen molar-refractivity contribution in [2.75, 3.05) is 20.2 Å². The fourth-order valence-electron chi connectivity index (χ4n) is 3.23. The summed E-state index contributed by atoms with van der Waals surface area (Å²) in [5.41, 5.74) is 1.40. The van der Waals surface area contributed by atoms with Crippen LogP contribution in [-0.4, -0.2) is 39.9 Å². The zero-order valence-electron chi connectivity index (χ0n) is 14.3. The molecule has 0 aliphatic carbocycles. The second-order valence-corrected chi connectivity index (χ2v) is 6.75. The van der Waals surface area contributed by atoms with Crippen molar-refractivity contribution in [2.45, 2.75) is 39.3 Å². The van der Waals surface area contributed by atoms with Crippen molar-refractivity contribution in [3.8, 4) is 5.75 Å². The van der Waals surface area contributed by atoms with Gasteiger partial charge in [-0.1, -0.05) is 26.0 Å². The fourth-order valence-corrected chi connectivity index (χ4v) is 3.23. The molecule has 1 aliphatic heterocycles. The molecule has 1 fully saturated rings. The molecule has 0 saturated carbocycles. The highest BCUT2D eigenvalue weighted by atomic mass is 16.5. The van der Waals surface area contributed by atoms with E-state index in [0.717, 1.165) is 37.8 Å². The van der Waals surface area contributed by atoms with E-state index in [1.807, 2.05) is 4.68 Å². The summed E-state index contributed by atoms with van der Waals surface area (Å²) in [5.74, 6) is 3.18. The fraction of sp³-hybridized carbons (Fsp3) is 0.556. The van der Waals surface area contributed by atoms with Crippen molar-refractivity contribution >= 4 is 0 Å². The number of benzene rings is 1. The average molecular weight is 314 g/mol. The Kier molecular flexibility index (Phi) is 4.96. The maximum atomic E-state index is 5.24. The van der Waals surface area contributed by atoms with Gasteiger partial charge in [0, 0.05) is 13.1 Å². The van der Waals surface area contributed by atoms with Crippen LogP contribution in [-0.2, 0) is 13.1 Å². The summed E-state index contributed by atoms with van der Waals surface area (Å²) in [5, 5.41) is 4.36. The highest BCUT2D eigenvalue weighted by Crippen LogP contribution is 2.29. The molecule has 1 aromatic carbocycles. The number of rotatable bonds is 6. The van der Waals surface area contributed by atoms with Gasteiger partial charge in [-0.2, -0.15) is 5.10 Å². The lowest BCUT2D eigenvalue weighted by Crippen LogP contribution is -2.23. The number of likely N-dealkylation sites (tertiary alicyclic amines) is 1. The van der Waals surface area contributed by atoms with Crippen LogP contribution < -0.4 is 4.74 Å². The van der Waals surface area contributed by atoms with E-state index in [1.54, 1.807) is 13.4 Å². The van der Waals surface area contributed by atoms with Gasteiger partial charge in [0.15, 0.2) is 0 Å². The van der Waals surface area contributed by atoms with Gasteiger partial charge >= 0.3 is 0 Å². The topological polar surface area (TPSA) is 43.2 Å². The van der Waals surface area contributed by atoms with Gasteiger partial charge in [0.2, 0.25) is 0 Å². The first kappa shape index (κ1) is 16.0. The van der Waals surface area contributed by atoms with Crippen LogP contribution in [0.3, 0.4) is 0 Å². The molecule has 5 nitrogen and oxygen atoms in total. The quantitative estimate of drug-likeness (QED) is 0.822. The summed E-state index contributed by atoms with van der Waals surface area (Å²) in [6.45, 7) is 8.44. The standard InChI is InChI=1S/C18H26N4O/c1-14(2)10-22-18(19-13-20-22)12-21-9-8-16(11-21)15-4-6-17(23-3)7-5-15/h4-7,13-14,16H,8-12H2,1-3H3. The SMILES string of the molecule is COc1ccc(C2CCN(Cc3ncnn3CC(C)C)C2)cc1. The van der Waals surface area contributed by atoms with Crippen LogP contribution in [0.25, 0.3) is 0 Å². The lowest BCUT2D eigenvalue weighted by Gasteiger charge is -2.17. The Morgan fingerprint density at radius 3 is 2.74 bits per heavy atom. The normalized spacial score (nSPS) is 18.7. The predicted octanol–water partition coefficient (Wildman–Crippen LogP) is 2.93. The van der Waals surface area contributed by atoms with E-state index in [2.05, 4.69) is 53.1 Å². The Balaban J connectivity index is 1.60. The van der Waals surface area contributed by atoms with Gasteiger partial charge in [0.1, 0.15) is 17.9 Å². The maximum Gasteiger partial charge on any atom is 0.141 e. The van der Waals surface area contributed by atoms with Crippen LogP contribution in [0.15, 0.2) is 30.6 Å². The van der Waals surface area contributed by atoms with Crippen LogP contribution in [0.2, 0.25) is 0 Å². The lowest BCUT2D eigenvalue weighted by molar-refractivity contribution is 0.305. The van der Waals surface area contributed by atoms with Crippen LogP contribution in [0.1, 0.15) is 37.6 Å². The molecular weight excluding hydrogens is 288 g/mol. The minimum absolute atomic E-state index is 0.584. The first-order valence-electron chi connectivity index (χ1n) is 8.38. The Morgan fingerprint density at radius 1 is 1.26 bits per heavy atom. The average Bonchev–Trinajstić information content (AvgIpc) is 3.18. The van der Waals surface area contributed by atoms with E-state index in [4.69, 9.17) is 4.74 Å². The van der Waals surface area contributed by atoms with Crippen LogP contribution >= 0.6 is 0 Å². The summed E-state index contributed by atoms with van der Waals surface area (Å²) in [7, 11) is 1.71. The molecule has 1 aromatic heterocycles. The second-order valence-electron chi connectivity index (χ2n) is 6.75. The molecule has 2 heterocycles. The molecule has 0 spiro atoms. The van der Waals surface area contributed by atoms with Crippen molar-refractivity contribution in [1.29, 1.82) is 0 Å². The highest BCUT2D eigenvalue weighted by Gasteiger charge is 2.25. The third-order valence-corrected chi connectivity index (χ3v) is 4.46. The van der Waals surface area contributed by atoms with Gasteiger partial charge in [-0.15, -0.1) is 0 Å². The molecule has 1 aliphatic rings. The maximum absolute atomic E-state index is 5.24. The summed E-state index contributed by atoms with van der Waals surface area (Å²) in [6, 6.07) is 8.48. The predicted molar refractivity (Wildman–Crippen MR) is 90.5 cm³/mol. The number of nitrogens with zero attached hydrogens (tertiary/aromatic N) is 4. The van der Waals surface area contributed by atoms with E-state index in [9.17, 15) is 0 Å². The molecule has 0 N–H and O–H groups in total. The van der Waals surface area contributed by atoms with Gasteiger partial charge in [-0.05, 0) is 42.5 Å². The van der Waals surface area contributed by atoms with Crippen LogP contribution in [0.5, 0.6) is 5.75 Å². The van der Waals surface area contributed by atoms with E-state index in [-0.39, 0.29) is 0 Å². The number of hydrogen-bond acceptors (Lipinski definition) is 4. The summed E-state index contributed by atoms with van der Waals surface area (Å²) in [6.07, 6.45) is 2.87. The minimum atomic E-state index is 0.584. The lowest BCUT2D eigenvalue weighted by atomic mass is 9.98. The minimum Gasteiger partial charge on any atom is -0.497 e. The van der Waals surface area contributed by atoms with Gasteiger partial charge < -0.3 is 4.74 Å². The molecule has 1 saturated heterocycles. The van der Waals surface area contributed by atoms with Gasteiger partial charge in [-0.25, -0.2) is 9.67 Å².